The summed E-state index contributed by atoms with van der Waals surface area (Å²) in [6.45, 7) is 5.98. The molecule has 27 heavy (non-hydrogen) atoms. The van der Waals surface area contributed by atoms with Gasteiger partial charge in [-0.05, 0) is 55.6 Å². The van der Waals surface area contributed by atoms with Crippen LogP contribution in [0.15, 0.2) is 36.4 Å². The molecule has 4 nitrogen and oxygen atoms in total. The second-order valence-corrected chi connectivity index (χ2v) is 9.26. The van der Waals surface area contributed by atoms with Crippen molar-refractivity contribution in [3.8, 4) is 0 Å². The van der Waals surface area contributed by atoms with Crippen molar-refractivity contribution in [3.63, 3.8) is 0 Å². The second kappa shape index (κ2) is 6.46. The van der Waals surface area contributed by atoms with E-state index >= 15 is 0 Å². The molecule has 2 aliphatic carbocycles. The standard InChI is InChI=1S/C23H30N4/c1-2-4-22-21(3-1)25-23(19-13-24-14-19)27(22)20-7-9-26(10-8-20)15-18-12-16-5-6-17(18)11-16/h1-6,16-20,24H,7-15H2/t16?,17-,18?/m1/s1. The smallest absolute Gasteiger partial charge is 0.115 e. The van der Waals surface area contributed by atoms with Crippen LogP contribution in [-0.4, -0.2) is 47.2 Å². The highest BCUT2D eigenvalue weighted by molar-refractivity contribution is 5.76. The van der Waals surface area contributed by atoms with E-state index in [-0.39, 0.29) is 0 Å². The maximum atomic E-state index is 5.04. The van der Waals surface area contributed by atoms with Gasteiger partial charge >= 0.3 is 0 Å². The molecule has 0 spiro atoms. The zero-order chi connectivity index (χ0) is 17.8. The largest absolute Gasteiger partial charge is 0.324 e. The average Bonchev–Trinajstić information content (AvgIpc) is 3.35. The molecule has 3 fully saturated rings. The fourth-order valence-corrected chi connectivity index (χ4v) is 6.00. The van der Waals surface area contributed by atoms with Gasteiger partial charge in [-0.25, -0.2) is 4.98 Å². The number of rotatable bonds is 4. The first kappa shape index (κ1) is 16.3. The highest BCUT2D eigenvalue weighted by atomic mass is 15.2. The van der Waals surface area contributed by atoms with Crippen molar-refractivity contribution < 1.29 is 0 Å². The van der Waals surface area contributed by atoms with Crippen LogP contribution in [0.3, 0.4) is 0 Å². The number of likely N-dealkylation sites (tertiary alicyclic amines) is 1. The van der Waals surface area contributed by atoms with Gasteiger partial charge in [-0.2, -0.15) is 0 Å². The number of nitrogens with zero attached hydrogens (tertiary/aromatic N) is 3. The number of nitrogens with one attached hydrogen (secondary N) is 1. The number of imidazole rings is 1. The van der Waals surface area contributed by atoms with E-state index in [1.807, 2.05) is 0 Å². The Morgan fingerprint density at radius 3 is 2.59 bits per heavy atom. The van der Waals surface area contributed by atoms with E-state index in [1.54, 1.807) is 0 Å². The summed E-state index contributed by atoms with van der Waals surface area (Å²) in [5.74, 6) is 4.61. The second-order valence-electron chi connectivity index (χ2n) is 9.26. The fourth-order valence-electron chi connectivity index (χ4n) is 6.00. The van der Waals surface area contributed by atoms with Crippen LogP contribution in [0.4, 0.5) is 0 Å². The van der Waals surface area contributed by atoms with Crippen molar-refractivity contribution in [2.45, 2.75) is 37.6 Å². The van der Waals surface area contributed by atoms with Crippen molar-refractivity contribution in [3.05, 3.63) is 42.2 Å². The van der Waals surface area contributed by atoms with E-state index < -0.39 is 0 Å². The van der Waals surface area contributed by atoms with Crippen LogP contribution in [0.2, 0.25) is 0 Å². The fraction of sp³-hybridized carbons (Fsp3) is 0.609. The van der Waals surface area contributed by atoms with Crippen LogP contribution in [0.5, 0.6) is 0 Å². The van der Waals surface area contributed by atoms with Crippen molar-refractivity contribution in [2.24, 2.45) is 17.8 Å². The van der Waals surface area contributed by atoms with Crippen molar-refractivity contribution in [2.75, 3.05) is 32.7 Å². The third kappa shape index (κ3) is 2.76. The monoisotopic (exact) mass is 362 g/mol. The summed E-state index contributed by atoms with van der Waals surface area (Å²) < 4.78 is 2.61. The Bertz CT molecular complexity index is 856. The van der Waals surface area contributed by atoms with Gasteiger partial charge in [0.05, 0.1) is 11.0 Å². The molecule has 2 unspecified atom stereocenters. The van der Waals surface area contributed by atoms with Gasteiger partial charge < -0.3 is 14.8 Å². The predicted octanol–water partition coefficient (Wildman–Crippen LogP) is 3.57. The number of piperidine rings is 1. The topological polar surface area (TPSA) is 33.1 Å². The summed E-state index contributed by atoms with van der Waals surface area (Å²) in [5, 5.41) is 3.43. The van der Waals surface area contributed by atoms with Gasteiger partial charge in [0, 0.05) is 44.7 Å². The van der Waals surface area contributed by atoms with Gasteiger partial charge in [0.15, 0.2) is 0 Å². The molecule has 1 aromatic carbocycles. The Labute approximate surface area is 161 Å². The molecular formula is C23H30N4. The average molecular weight is 363 g/mol. The molecule has 1 saturated carbocycles. The number of hydrogen-bond acceptors (Lipinski definition) is 3. The van der Waals surface area contributed by atoms with Gasteiger partial charge in [0.1, 0.15) is 5.82 Å². The minimum absolute atomic E-state index is 0.594. The first-order valence-corrected chi connectivity index (χ1v) is 10.9. The predicted molar refractivity (Wildman–Crippen MR) is 109 cm³/mol. The SMILES string of the molecule is C1=C[C@@H]2CC1CC2CN1CCC(n2c(C3CNC3)nc3ccccc32)CC1. The Morgan fingerprint density at radius 1 is 1.04 bits per heavy atom. The van der Waals surface area contributed by atoms with E-state index in [0.29, 0.717) is 12.0 Å². The Hall–Kier alpha value is -1.65. The third-order valence-corrected chi connectivity index (χ3v) is 7.60. The van der Waals surface area contributed by atoms with Crippen molar-refractivity contribution in [1.29, 1.82) is 0 Å². The molecule has 2 aliphatic heterocycles. The van der Waals surface area contributed by atoms with Crippen LogP contribution >= 0.6 is 0 Å². The van der Waals surface area contributed by atoms with E-state index in [1.165, 1.54) is 62.2 Å². The molecule has 0 radical (unpaired) electrons. The number of fused-ring (bicyclic) bond motifs is 3. The van der Waals surface area contributed by atoms with E-state index in [0.717, 1.165) is 30.8 Å². The number of allylic oxidation sites excluding steroid dienone is 2. The lowest BCUT2D eigenvalue weighted by Gasteiger charge is -2.37. The molecule has 2 bridgehead atoms. The lowest BCUT2D eigenvalue weighted by atomic mass is 9.92. The third-order valence-electron chi connectivity index (χ3n) is 7.60. The lowest BCUT2D eigenvalue weighted by molar-refractivity contribution is 0.153. The zero-order valence-electron chi connectivity index (χ0n) is 16.1. The Morgan fingerprint density at radius 2 is 1.89 bits per heavy atom. The van der Waals surface area contributed by atoms with Gasteiger partial charge in [-0.3, -0.25) is 0 Å². The molecule has 4 heteroatoms. The van der Waals surface area contributed by atoms with Crippen LogP contribution in [-0.2, 0) is 0 Å². The number of para-hydroxylation sites is 2. The summed E-state index contributed by atoms with van der Waals surface area (Å²) in [5.41, 5.74) is 2.52. The van der Waals surface area contributed by atoms with Gasteiger partial charge in [0.2, 0.25) is 0 Å². The van der Waals surface area contributed by atoms with E-state index in [4.69, 9.17) is 4.98 Å². The highest BCUT2D eigenvalue weighted by Crippen LogP contribution is 2.44. The Kier molecular flexibility index (Phi) is 3.90. The van der Waals surface area contributed by atoms with Crippen LogP contribution in [0.1, 0.15) is 43.5 Å². The summed E-state index contributed by atoms with van der Waals surface area (Å²) in [4.78, 5) is 7.79. The molecule has 3 atom stereocenters. The van der Waals surface area contributed by atoms with Gasteiger partial charge in [-0.1, -0.05) is 24.3 Å². The van der Waals surface area contributed by atoms with Gasteiger partial charge in [-0.15, -0.1) is 0 Å². The maximum Gasteiger partial charge on any atom is 0.115 e. The molecule has 4 aliphatic rings. The van der Waals surface area contributed by atoms with Crippen molar-refractivity contribution >= 4 is 11.0 Å². The quantitative estimate of drug-likeness (QED) is 0.844. The summed E-state index contributed by atoms with van der Waals surface area (Å²) in [6.07, 6.45) is 10.4. The Balaban J connectivity index is 1.19. The minimum atomic E-state index is 0.594. The van der Waals surface area contributed by atoms with Crippen molar-refractivity contribution in [1.82, 2.24) is 19.8 Å². The zero-order valence-corrected chi connectivity index (χ0v) is 16.1. The summed E-state index contributed by atoms with van der Waals surface area (Å²) >= 11 is 0. The van der Waals surface area contributed by atoms with E-state index in [9.17, 15) is 0 Å². The number of hydrogen-bond donors (Lipinski definition) is 1. The summed E-state index contributed by atoms with van der Waals surface area (Å²) in [7, 11) is 0. The molecule has 142 valence electrons. The molecular weight excluding hydrogens is 332 g/mol. The van der Waals surface area contributed by atoms with Crippen LogP contribution in [0, 0.1) is 17.8 Å². The number of benzene rings is 1. The molecule has 1 N–H and O–H groups in total. The highest BCUT2D eigenvalue weighted by Gasteiger charge is 2.37. The summed E-state index contributed by atoms with van der Waals surface area (Å²) in [6, 6.07) is 9.35. The maximum absolute atomic E-state index is 5.04. The first-order chi connectivity index (χ1) is 13.3. The van der Waals surface area contributed by atoms with E-state index in [2.05, 4.69) is 51.2 Å². The normalized spacial score (nSPS) is 31.8. The van der Waals surface area contributed by atoms with Crippen LogP contribution in [0.25, 0.3) is 11.0 Å². The first-order valence-electron chi connectivity index (χ1n) is 10.9. The molecule has 6 rings (SSSR count). The lowest BCUT2D eigenvalue weighted by Crippen LogP contribution is -2.43. The molecule has 3 heterocycles. The molecule has 2 aromatic rings. The molecule has 0 amide bonds. The molecule has 2 saturated heterocycles. The molecule has 1 aromatic heterocycles. The van der Waals surface area contributed by atoms with Gasteiger partial charge in [0.25, 0.3) is 0 Å². The minimum Gasteiger partial charge on any atom is -0.324 e. The van der Waals surface area contributed by atoms with Crippen LogP contribution < -0.4 is 5.32 Å². The number of aromatic nitrogens is 2.